The van der Waals surface area contributed by atoms with E-state index in [4.69, 9.17) is 9.26 Å². The number of rotatable bonds is 3. The highest BCUT2D eigenvalue weighted by molar-refractivity contribution is 5.58. The molecule has 1 aliphatic heterocycles. The lowest BCUT2D eigenvalue weighted by Gasteiger charge is -2.24. The Morgan fingerprint density at radius 2 is 1.85 bits per heavy atom. The molecule has 0 unspecified atom stereocenters. The summed E-state index contributed by atoms with van der Waals surface area (Å²) >= 11 is 0. The van der Waals surface area contributed by atoms with Crippen LogP contribution in [0.1, 0.15) is 17.4 Å². The van der Waals surface area contributed by atoms with Gasteiger partial charge in [0.15, 0.2) is 5.69 Å². The largest absolute Gasteiger partial charge is 0.365 e. The number of ether oxygens (including phenoxy) is 1. The number of halogens is 1. The fourth-order valence-corrected chi connectivity index (χ4v) is 3.18. The van der Waals surface area contributed by atoms with Crippen molar-refractivity contribution in [3.8, 4) is 23.0 Å². The van der Waals surface area contributed by atoms with E-state index in [0.29, 0.717) is 24.4 Å². The fraction of sp³-hybridized carbons (Fsp3) is 0.150. The van der Waals surface area contributed by atoms with Gasteiger partial charge in [0.2, 0.25) is 5.82 Å². The zero-order valence-electron chi connectivity index (χ0n) is 14.2. The molecule has 0 spiro atoms. The SMILES string of the molecule is Fc1ccccc1-c1noc(-c2cc3n(n2)C[C@@H](c2ccccc2)OC3)n1. The van der Waals surface area contributed by atoms with E-state index >= 15 is 0 Å². The van der Waals surface area contributed by atoms with Crippen molar-refractivity contribution in [3.63, 3.8) is 0 Å². The van der Waals surface area contributed by atoms with Crippen LogP contribution in [0.15, 0.2) is 65.2 Å². The highest BCUT2D eigenvalue weighted by atomic mass is 19.1. The smallest absolute Gasteiger partial charge is 0.278 e. The average molecular weight is 362 g/mol. The van der Waals surface area contributed by atoms with Gasteiger partial charge in [-0.2, -0.15) is 10.1 Å². The number of hydrogen-bond donors (Lipinski definition) is 0. The Balaban J connectivity index is 1.43. The first kappa shape index (κ1) is 15.9. The quantitative estimate of drug-likeness (QED) is 0.551. The van der Waals surface area contributed by atoms with Crippen LogP contribution in [-0.4, -0.2) is 19.9 Å². The van der Waals surface area contributed by atoms with E-state index in [9.17, 15) is 4.39 Å². The van der Waals surface area contributed by atoms with Gasteiger partial charge in [-0.1, -0.05) is 47.6 Å². The van der Waals surface area contributed by atoms with Crippen LogP contribution in [0.25, 0.3) is 23.0 Å². The molecule has 4 aromatic rings. The van der Waals surface area contributed by atoms with E-state index in [2.05, 4.69) is 15.2 Å². The van der Waals surface area contributed by atoms with Crippen molar-refractivity contribution >= 4 is 0 Å². The number of benzene rings is 2. The highest BCUT2D eigenvalue weighted by Crippen LogP contribution is 2.29. The molecule has 2 aromatic heterocycles. The van der Waals surface area contributed by atoms with Gasteiger partial charge in [-0.05, 0) is 23.8 Å². The molecule has 2 aromatic carbocycles. The molecule has 0 saturated heterocycles. The zero-order chi connectivity index (χ0) is 18.2. The highest BCUT2D eigenvalue weighted by Gasteiger charge is 2.24. The third-order valence-corrected chi connectivity index (χ3v) is 4.57. The third-order valence-electron chi connectivity index (χ3n) is 4.57. The molecule has 27 heavy (non-hydrogen) atoms. The summed E-state index contributed by atoms with van der Waals surface area (Å²) in [6.45, 7) is 1.05. The second-order valence-corrected chi connectivity index (χ2v) is 6.32. The Morgan fingerprint density at radius 1 is 1.04 bits per heavy atom. The zero-order valence-corrected chi connectivity index (χ0v) is 14.2. The van der Waals surface area contributed by atoms with Crippen LogP contribution < -0.4 is 0 Å². The van der Waals surface area contributed by atoms with E-state index < -0.39 is 5.82 Å². The maximum Gasteiger partial charge on any atom is 0.278 e. The lowest BCUT2D eigenvalue weighted by molar-refractivity contribution is -0.00113. The summed E-state index contributed by atoms with van der Waals surface area (Å²) in [5.41, 5.74) is 2.89. The summed E-state index contributed by atoms with van der Waals surface area (Å²) in [5.74, 6) is 0.0620. The van der Waals surface area contributed by atoms with E-state index in [1.165, 1.54) is 6.07 Å². The molecule has 134 valence electrons. The van der Waals surface area contributed by atoms with Gasteiger partial charge in [-0.25, -0.2) is 4.39 Å². The number of hydrogen-bond acceptors (Lipinski definition) is 5. The van der Waals surface area contributed by atoms with Gasteiger partial charge in [-0.15, -0.1) is 0 Å². The molecule has 0 bridgehead atoms. The Bertz CT molecular complexity index is 1090. The molecule has 3 heterocycles. The molecule has 0 amide bonds. The summed E-state index contributed by atoms with van der Waals surface area (Å²) in [6, 6.07) is 18.2. The predicted octanol–water partition coefficient (Wildman–Crippen LogP) is 4.01. The summed E-state index contributed by atoms with van der Waals surface area (Å²) in [6.07, 6.45) is -0.0527. The Labute approximate surface area is 154 Å². The molecule has 1 aliphatic rings. The second-order valence-electron chi connectivity index (χ2n) is 6.32. The summed E-state index contributed by atoms with van der Waals surface area (Å²) in [5, 5.41) is 8.46. The van der Waals surface area contributed by atoms with Crippen molar-refractivity contribution in [2.45, 2.75) is 19.3 Å². The molecule has 0 aliphatic carbocycles. The van der Waals surface area contributed by atoms with Gasteiger partial charge in [0, 0.05) is 0 Å². The molecule has 7 heteroatoms. The van der Waals surface area contributed by atoms with Gasteiger partial charge in [0.05, 0.1) is 24.4 Å². The minimum absolute atomic E-state index is 0.0527. The van der Waals surface area contributed by atoms with E-state index in [1.54, 1.807) is 18.2 Å². The van der Waals surface area contributed by atoms with Gasteiger partial charge in [0.25, 0.3) is 5.89 Å². The molecule has 1 atom stereocenters. The average Bonchev–Trinajstić information content (AvgIpc) is 3.35. The Hall–Kier alpha value is -3.32. The van der Waals surface area contributed by atoms with E-state index in [-0.39, 0.29) is 17.8 Å². The molecular formula is C20H15FN4O2. The second kappa shape index (κ2) is 6.44. The van der Waals surface area contributed by atoms with Crippen molar-refractivity contribution in [1.82, 2.24) is 19.9 Å². The first-order valence-electron chi connectivity index (χ1n) is 8.60. The van der Waals surface area contributed by atoms with E-state index in [0.717, 1.165) is 11.3 Å². The summed E-state index contributed by atoms with van der Waals surface area (Å²) in [4.78, 5) is 4.30. The predicted molar refractivity (Wildman–Crippen MR) is 94.9 cm³/mol. The van der Waals surface area contributed by atoms with Crippen LogP contribution in [0.2, 0.25) is 0 Å². The van der Waals surface area contributed by atoms with E-state index in [1.807, 2.05) is 41.1 Å². The first-order chi connectivity index (χ1) is 13.3. The van der Waals surface area contributed by atoms with Crippen molar-refractivity contribution in [1.29, 1.82) is 0 Å². The monoisotopic (exact) mass is 362 g/mol. The molecular weight excluding hydrogens is 347 g/mol. The van der Waals surface area contributed by atoms with Crippen molar-refractivity contribution < 1.29 is 13.7 Å². The molecule has 5 rings (SSSR count). The fourth-order valence-electron chi connectivity index (χ4n) is 3.18. The Morgan fingerprint density at radius 3 is 2.70 bits per heavy atom. The van der Waals surface area contributed by atoms with Gasteiger partial charge in [0.1, 0.15) is 11.9 Å². The van der Waals surface area contributed by atoms with Crippen LogP contribution >= 0.6 is 0 Å². The van der Waals surface area contributed by atoms with Crippen LogP contribution in [0, 0.1) is 5.82 Å². The van der Waals surface area contributed by atoms with Gasteiger partial charge >= 0.3 is 0 Å². The maximum atomic E-state index is 13.9. The standard InChI is InChI=1S/C20H15FN4O2/c21-16-9-5-4-8-15(16)19-22-20(27-24-19)17-10-14-12-26-18(11-25(14)23-17)13-6-2-1-3-7-13/h1-10,18H,11-12H2/t18-/m0/s1. The summed E-state index contributed by atoms with van der Waals surface area (Å²) < 4.78 is 27.1. The topological polar surface area (TPSA) is 66.0 Å². The lowest BCUT2D eigenvalue weighted by atomic mass is 10.1. The minimum Gasteiger partial charge on any atom is -0.365 e. The number of fused-ring (bicyclic) bond motifs is 1. The lowest BCUT2D eigenvalue weighted by Crippen LogP contribution is -2.21. The molecule has 0 radical (unpaired) electrons. The van der Waals surface area contributed by atoms with Gasteiger partial charge < -0.3 is 9.26 Å². The van der Waals surface area contributed by atoms with Crippen LogP contribution in [-0.2, 0) is 17.9 Å². The molecule has 6 nitrogen and oxygen atoms in total. The maximum absolute atomic E-state index is 13.9. The number of nitrogens with zero attached hydrogens (tertiary/aromatic N) is 4. The van der Waals surface area contributed by atoms with Crippen LogP contribution in [0.3, 0.4) is 0 Å². The molecule has 0 N–H and O–H groups in total. The van der Waals surface area contributed by atoms with Gasteiger partial charge in [-0.3, -0.25) is 4.68 Å². The van der Waals surface area contributed by atoms with Crippen molar-refractivity contribution in [2.24, 2.45) is 0 Å². The minimum atomic E-state index is -0.395. The Kier molecular flexibility index (Phi) is 3.79. The number of aromatic nitrogens is 4. The first-order valence-corrected chi connectivity index (χ1v) is 8.60. The summed E-state index contributed by atoms with van der Waals surface area (Å²) in [7, 11) is 0. The molecule has 0 saturated carbocycles. The van der Waals surface area contributed by atoms with Crippen LogP contribution in [0.5, 0.6) is 0 Å². The van der Waals surface area contributed by atoms with Crippen molar-refractivity contribution in [3.05, 3.63) is 77.7 Å². The van der Waals surface area contributed by atoms with Crippen molar-refractivity contribution in [2.75, 3.05) is 0 Å². The molecule has 0 fully saturated rings. The third kappa shape index (κ3) is 2.92. The van der Waals surface area contributed by atoms with Crippen LogP contribution in [0.4, 0.5) is 4.39 Å². The normalized spacial score (nSPS) is 16.3.